The first-order chi connectivity index (χ1) is 16.4. The summed E-state index contributed by atoms with van der Waals surface area (Å²) in [6.45, 7) is 2.84. The zero-order valence-corrected chi connectivity index (χ0v) is 22.4. The molecular formula is C25H24Br2ClN4O2+. The summed E-state index contributed by atoms with van der Waals surface area (Å²) in [6.07, 6.45) is 7.08. The van der Waals surface area contributed by atoms with Crippen molar-refractivity contribution in [3.8, 4) is 0 Å². The summed E-state index contributed by atoms with van der Waals surface area (Å²) < 4.78 is 2.96. The summed E-state index contributed by atoms with van der Waals surface area (Å²) >= 11 is 13.8. The van der Waals surface area contributed by atoms with Crippen molar-refractivity contribution < 1.29 is 14.7 Å². The summed E-state index contributed by atoms with van der Waals surface area (Å²) in [7, 11) is 0. The predicted octanol–water partition coefficient (Wildman–Crippen LogP) is 4.36. The molecule has 1 saturated heterocycles. The molecule has 1 atom stereocenters. The Bertz CT molecular complexity index is 1230. The average molecular weight is 608 g/mol. The minimum absolute atomic E-state index is 0.00128. The van der Waals surface area contributed by atoms with Crippen molar-refractivity contribution in [2.75, 3.05) is 26.2 Å². The van der Waals surface area contributed by atoms with E-state index in [2.05, 4.69) is 48.9 Å². The monoisotopic (exact) mass is 605 g/mol. The quantitative estimate of drug-likeness (QED) is 0.355. The summed E-state index contributed by atoms with van der Waals surface area (Å²) in [6, 6.07) is 9.74. The number of aromatic nitrogens is 2. The van der Waals surface area contributed by atoms with Gasteiger partial charge >= 0.3 is 0 Å². The van der Waals surface area contributed by atoms with Crippen LogP contribution in [0.25, 0.3) is 0 Å². The first-order valence-corrected chi connectivity index (χ1v) is 13.2. The first-order valence-electron chi connectivity index (χ1n) is 11.2. The normalized spacial score (nSPS) is 18.2. The van der Waals surface area contributed by atoms with Gasteiger partial charge in [-0.2, -0.15) is 0 Å². The molecule has 1 amide bonds. The number of rotatable bonds is 3. The highest BCUT2D eigenvalue weighted by atomic mass is 79.9. The number of hydrogen-bond donors (Lipinski definition) is 1. The van der Waals surface area contributed by atoms with Gasteiger partial charge in [0, 0.05) is 63.2 Å². The topological polar surface area (TPSA) is 60.6 Å². The van der Waals surface area contributed by atoms with Crippen LogP contribution in [0.1, 0.15) is 34.0 Å². The van der Waals surface area contributed by atoms with Crippen LogP contribution in [0, 0.1) is 0 Å². The standard InChI is InChI=1S/C25H24Br2ClN4O2/c26-19-12-18-2-1-17-13-20(28)14-21(27)23(17)25(24(18)29-15-19)31-9-7-30(8-10-31)22(33)11-16-3-5-32(34)6-4-16/h3-6,12-15,25,34H,1-2,7-11H2/q+1/t25-/m0/s1. The van der Waals surface area contributed by atoms with E-state index in [-0.39, 0.29) is 11.9 Å². The number of nitrogens with zero attached hydrogens (tertiary/aromatic N) is 4. The number of carbonyl (C=O) groups is 1. The fraction of sp³-hybridized carbons (Fsp3) is 0.320. The number of fused-ring (bicyclic) bond motifs is 2. The van der Waals surface area contributed by atoms with Gasteiger partial charge in [-0.1, -0.05) is 27.5 Å². The zero-order valence-electron chi connectivity index (χ0n) is 18.4. The van der Waals surface area contributed by atoms with Crippen LogP contribution in [0.4, 0.5) is 0 Å². The van der Waals surface area contributed by atoms with Gasteiger partial charge in [-0.05, 0) is 69.2 Å². The summed E-state index contributed by atoms with van der Waals surface area (Å²) in [5.41, 5.74) is 5.66. The molecule has 2 aromatic heterocycles. The fourth-order valence-corrected chi connectivity index (χ4v) is 6.40. The van der Waals surface area contributed by atoms with Crippen molar-refractivity contribution in [1.29, 1.82) is 0 Å². The molecule has 0 unspecified atom stereocenters. The number of aryl methyl sites for hydroxylation is 2. The van der Waals surface area contributed by atoms with Crippen LogP contribution in [0.3, 0.4) is 0 Å². The molecule has 1 aromatic carbocycles. The molecule has 1 aliphatic carbocycles. The third-order valence-electron chi connectivity index (χ3n) is 6.61. The van der Waals surface area contributed by atoms with E-state index in [0.29, 0.717) is 19.5 Å². The molecule has 1 fully saturated rings. The van der Waals surface area contributed by atoms with E-state index < -0.39 is 0 Å². The van der Waals surface area contributed by atoms with Crippen LogP contribution in [0.15, 0.2) is 57.9 Å². The van der Waals surface area contributed by atoms with Crippen molar-refractivity contribution in [2.45, 2.75) is 25.3 Å². The molecule has 176 valence electrons. The highest BCUT2D eigenvalue weighted by Gasteiger charge is 2.34. The predicted molar refractivity (Wildman–Crippen MR) is 136 cm³/mol. The van der Waals surface area contributed by atoms with Crippen LogP contribution < -0.4 is 4.73 Å². The van der Waals surface area contributed by atoms with Gasteiger partial charge in [-0.3, -0.25) is 19.9 Å². The maximum absolute atomic E-state index is 12.9. The Labute approximate surface area is 220 Å². The lowest BCUT2D eigenvalue weighted by Crippen LogP contribution is -2.50. The van der Waals surface area contributed by atoms with Crippen molar-refractivity contribution in [3.63, 3.8) is 0 Å². The number of carbonyl (C=O) groups excluding carboxylic acids is 1. The highest BCUT2D eigenvalue weighted by molar-refractivity contribution is 9.10. The number of piperazine rings is 1. The molecular weight excluding hydrogens is 584 g/mol. The molecule has 2 aliphatic rings. The Morgan fingerprint density at radius 1 is 1.09 bits per heavy atom. The molecule has 34 heavy (non-hydrogen) atoms. The first kappa shape index (κ1) is 23.7. The van der Waals surface area contributed by atoms with Crippen molar-refractivity contribution >= 4 is 49.4 Å². The van der Waals surface area contributed by atoms with Crippen molar-refractivity contribution in [3.05, 3.63) is 90.8 Å². The molecule has 1 aliphatic heterocycles. The second-order valence-electron chi connectivity index (χ2n) is 8.74. The number of pyridine rings is 2. The Balaban J connectivity index is 1.40. The minimum atomic E-state index is -0.00128. The largest absolute Gasteiger partial charge is 0.340 e. The van der Waals surface area contributed by atoms with Gasteiger partial charge in [0.05, 0.1) is 18.2 Å². The van der Waals surface area contributed by atoms with Crippen LogP contribution in [0.5, 0.6) is 0 Å². The molecule has 0 saturated carbocycles. The number of amides is 1. The molecule has 1 N–H and O–H groups in total. The van der Waals surface area contributed by atoms with Gasteiger partial charge in [-0.25, -0.2) is 0 Å². The Morgan fingerprint density at radius 3 is 2.53 bits per heavy atom. The van der Waals surface area contributed by atoms with E-state index in [1.165, 1.54) is 29.1 Å². The number of benzene rings is 1. The highest BCUT2D eigenvalue weighted by Crippen LogP contribution is 2.41. The molecule has 5 rings (SSSR count). The van der Waals surface area contributed by atoms with E-state index >= 15 is 0 Å². The van der Waals surface area contributed by atoms with Gasteiger partial charge in [0.15, 0.2) is 0 Å². The number of hydrogen-bond acceptors (Lipinski definition) is 4. The van der Waals surface area contributed by atoms with E-state index in [4.69, 9.17) is 16.6 Å². The molecule has 6 nitrogen and oxygen atoms in total. The lowest BCUT2D eigenvalue weighted by molar-refractivity contribution is -0.904. The van der Waals surface area contributed by atoms with E-state index in [1.54, 1.807) is 12.1 Å². The van der Waals surface area contributed by atoms with Gasteiger partial charge in [0.2, 0.25) is 18.3 Å². The van der Waals surface area contributed by atoms with E-state index in [9.17, 15) is 10.0 Å². The molecule has 0 radical (unpaired) electrons. The molecule has 3 aromatic rings. The lowest BCUT2D eigenvalue weighted by atomic mass is 9.96. The second kappa shape index (κ2) is 9.93. The van der Waals surface area contributed by atoms with Crippen LogP contribution in [0.2, 0.25) is 5.02 Å². The summed E-state index contributed by atoms with van der Waals surface area (Å²) in [5.74, 6) is 0.104. The third-order valence-corrected chi connectivity index (χ3v) is 7.92. The van der Waals surface area contributed by atoms with Gasteiger partial charge in [0.25, 0.3) is 0 Å². The SMILES string of the molecule is O=C(Cc1cc[n+](O)cc1)N1CCN([C@@H]2c3ncc(Br)cc3CCc3cc(Cl)cc(Br)c32)CC1. The Hall–Kier alpha value is -2.00. The van der Waals surface area contributed by atoms with Crippen LogP contribution in [-0.4, -0.2) is 52.1 Å². The fourth-order valence-electron chi connectivity index (χ4n) is 4.93. The van der Waals surface area contributed by atoms with Gasteiger partial charge in [0.1, 0.15) is 0 Å². The van der Waals surface area contributed by atoms with Crippen molar-refractivity contribution in [2.24, 2.45) is 0 Å². The Morgan fingerprint density at radius 2 is 1.79 bits per heavy atom. The molecule has 9 heteroatoms. The summed E-state index contributed by atoms with van der Waals surface area (Å²) in [4.78, 5) is 22.1. The minimum Gasteiger partial charge on any atom is -0.340 e. The molecule has 3 heterocycles. The maximum atomic E-state index is 12.9. The van der Waals surface area contributed by atoms with E-state index in [0.717, 1.165) is 55.9 Å². The van der Waals surface area contributed by atoms with Gasteiger partial charge in [-0.15, -0.1) is 0 Å². The summed E-state index contributed by atoms with van der Waals surface area (Å²) in [5, 5.41) is 10.1. The zero-order chi connectivity index (χ0) is 23.8. The van der Waals surface area contributed by atoms with E-state index in [1.807, 2.05) is 17.2 Å². The smallest absolute Gasteiger partial charge is 0.227 e. The second-order valence-corrected chi connectivity index (χ2v) is 10.9. The Kier molecular flexibility index (Phi) is 6.93. The van der Waals surface area contributed by atoms with Crippen molar-refractivity contribution in [1.82, 2.24) is 14.8 Å². The average Bonchev–Trinajstić information content (AvgIpc) is 2.97. The maximum Gasteiger partial charge on any atom is 0.227 e. The molecule has 0 spiro atoms. The lowest BCUT2D eigenvalue weighted by Gasteiger charge is -2.40. The third kappa shape index (κ3) is 4.87. The number of halogens is 3. The van der Waals surface area contributed by atoms with Gasteiger partial charge < -0.3 is 4.90 Å². The van der Waals surface area contributed by atoms with Crippen LogP contribution in [-0.2, 0) is 24.1 Å². The molecule has 0 bridgehead atoms. The van der Waals surface area contributed by atoms with Crippen LogP contribution >= 0.6 is 43.5 Å².